The van der Waals surface area contributed by atoms with Gasteiger partial charge in [-0.15, -0.1) is 23.1 Å². The Hall–Kier alpha value is -1.11. The zero-order valence-electron chi connectivity index (χ0n) is 12.6. The van der Waals surface area contributed by atoms with Crippen molar-refractivity contribution in [3.63, 3.8) is 0 Å². The van der Waals surface area contributed by atoms with Crippen molar-refractivity contribution in [2.45, 2.75) is 30.7 Å². The van der Waals surface area contributed by atoms with Gasteiger partial charge in [0.1, 0.15) is 11.9 Å². The van der Waals surface area contributed by atoms with Crippen LogP contribution in [-0.2, 0) is 6.54 Å². The molecule has 1 spiro atoms. The van der Waals surface area contributed by atoms with Crippen LogP contribution in [-0.4, -0.2) is 44.6 Å². The third kappa shape index (κ3) is 2.87. The van der Waals surface area contributed by atoms with E-state index in [-0.39, 0.29) is 0 Å². The molecule has 4 nitrogen and oxygen atoms in total. The number of thiazole rings is 1. The second kappa shape index (κ2) is 5.83. The molecule has 2 saturated heterocycles. The zero-order valence-corrected chi connectivity index (χ0v) is 14.2. The Kier molecular flexibility index (Phi) is 3.84. The Morgan fingerprint density at radius 2 is 2.36 bits per heavy atom. The maximum Gasteiger partial charge on any atom is 0.138 e. The van der Waals surface area contributed by atoms with Gasteiger partial charge >= 0.3 is 0 Å². The van der Waals surface area contributed by atoms with Gasteiger partial charge in [0.15, 0.2) is 0 Å². The van der Waals surface area contributed by atoms with Gasteiger partial charge < -0.3 is 4.74 Å². The van der Waals surface area contributed by atoms with Crippen molar-refractivity contribution in [2.75, 3.05) is 18.8 Å². The van der Waals surface area contributed by atoms with Crippen LogP contribution < -0.4 is 4.74 Å². The molecule has 0 aliphatic carbocycles. The summed E-state index contributed by atoms with van der Waals surface area (Å²) in [6, 6.07) is 3.91. The lowest BCUT2D eigenvalue weighted by molar-refractivity contribution is 0.0927. The normalized spacial score (nSPS) is 23.6. The summed E-state index contributed by atoms with van der Waals surface area (Å²) in [6.07, 6.45) is 5.05. The molecule has 6 heteroatoms. The number of pyridine rings is 1. The summed E-state index contributed by atoms with van der Waals surface area (Å²) in [6.45, 7) is 5.49. The van der Waals surface area contributed by atoms with Crippen LogP contribution in [0.4, 0.5) is 0 Å². The van der Waals surface area contributed by atoms with Gasteiger partial charge in [-0.3, -0.25) is 9.88 Å². The molecule has 0 aromatic carbocycles. The number of hydrogen-bond donors (Lipinski definition) is 0. The molecular formula is C16H19N3OS2. The van der Waals surface area contributed by atoms with Crippen LogP contribution in [0.5, 0.6) is 5.75 Å². The van der Waals surface area contributed by atoms with E-state index >= 15 is 0 Å². The average Bonchev–Trinajstić information content (AvgIpc) is 3.07. The molecule has 1 atom stereocenters. The Morgan fingerprint density at radius 3 is 3.09 bits per heavy atom. The lowest BCUT2D eigenvalue weighted by Crippen LogP contribution is -2.58. The standard InChI is InChI=1S/C16H19N3OS2/c1-12-15(21-11-18-12)7-19-9-16(10-19)5-14(8-22-16)20-13-3-2-4-17-6-13/h2-4,6,11,14H,5,7-10H2,1H3/t14-/m0/s1. The Morgan fingerprint density at radius 1 is 1.45 bits per heavy atom. The second-order valence-electron chi connectivity index (χ2n) is 6.13. The molecule has 0 radical (unpaired) electrons. The van der Waals surface area contributed by atoms with E-state index in [4.69, 9.17) is 4.74 Å². The van der Waals surface area contributed by atoms with Crippen molar-refractivity contribution in [2.24, 2.45) is 0 Å². The van der Waals surface area contributed by atoms with Crippen molar-refractivity contribution in [3.8, 4) is 5.75 Å². The third-order valence-electron chi connectivity index (χ3n) is 4.35. The van der Waals surface area contributed by atoms with Gasteiger partial charge in [0.2, 0.25) is 0 Å². The van der Waals surface area contributed by atoms with Gasteiger partial charge in [-0.1, -0.05) is 0 Å². The van der Waals surface area contributed by atoms with Crippen LogP contribution >= 0.6 is 23.1 Å². The van der Waals surface area contributed by atoms with Crippen LogP contribution in [0.1, 0.15) is 17.0 Å². The van der Waals surface area contributed by atoms with Crippen LogP contribution in [0.2, 0.25) is 0 Å². The third-order valence-corrected chi connectivity index (χ3v) is 6.84. The van der Waals surface area contributed by atoms with Gasteiger partial charge in [0.25, 0.3) is 0 Å². The average molecular weight is 333 g/mol. The fourth-order valence-electron chi connectivity index (χ4n) is 3.27. The summed E-state index contributed by atoms with van der Waals surface area (Å²) in [4.78, 5) is 12.4. The summed E-state index contributed by atoms with van der Waals surface area (Å²) < 4.78 is 6.47. The first kappa shape index (κ1) is 14.5. The maximum absolute atomic E-state index is 6.06. The number of ether oxygens (including phenoxy) is 1. The number of aryl methyl sites for hydroxylation is 1. The number of thioether (sulfide) groups is 1. The van der Waals surface area contributed by atoms with Crippen LogP contribution in [0.25, 0.3) is 0 Å². The molecule has 4 rings (SSSR count). The van der Waals surface area contributed by atoms with E-state index in [9.17, 15) is 0 Å². The smallest absolute Gasteiger partial charge is 0.138 e. The highest BCUT2D eigenvalue weighted by Gasteiger charge is 2.49. The quantitative estimate of drug-likeness (QED) is 0.860. The summed E-state index contributed by atoms with van der Waals surface area (Å²) in [5.74, 6) is 1.98. The molecule has 0 N–H and O–H groups in total. The van der Waals surface area contributed by atoms with Gasteiger partial charge in [0.05, 0.1) is 17.4 Å². The Bertz CT molecular complexity index is 640. The van der Waals surface area contributed by atoms with E-state index in [1.165, 1.54) is 23.7 Å². The second-order valence-corrected chi connectivity index (χ2v) is 8.56. The highest BCUT2D eigenvalue weighted by Crippen LogP contribution is 2.46. The SMILES string of the molecule is Cc1ncsc1CN1CC2(C[C@H](Oc3cccnc3)CS2)C1. The van der Waals surface area contributed by atoms with Crippen LogP contribution in [0.3, 0.4) is 0 Å². The number of likely N-dealkylation sites (tertiary alicyclic amines) is 1. The van der Waals surface area contributed by atoms with Crippen molar-refractivity contribution >= 4 is 23.1 Å². The van der Waals surface area contributed by atoms with Gasteiger partial charge in [-0.25, -0.2) is 4.98 Å². The molecule has 116 valence electrons. The topological polar surface area (TPSA) is 38.2 Å². The predicted molar refractivity (Wildman–Crippen MR) is 90.6 cm³/mol. The molecule has 2 aliphatic rings. The number of hydrogen-bond acceptors (Lipinski definition) is 6. The minimum atomic E-state index is 0.321. The number of rotatable bonds is 4. The largest absolute Gasteiger partial charge is 0.488 e. The minimum absolute atomic E-state index is 0.321. The summed E-state index contributed by atoms with van der Waals surface area (Å²) >= 11 is 3.85. The Balaban J connectivity index is 1.30. The van der Waals surface area contributed by atoms with Crippen molar-refractivity contribution in [1.82, 2.24) is 14.9 Å². The first-order valence-electron chi connectivity index (χ1n) is 7.54. The molecule has 0 amide bonds. The number of nitrogens with zero attached hydrogens (tertiary/aromatic N) is 3. The molecule has 22 heavy (non-hydrogen) atoms. The minimum Gasteiger partial charge on any atom is -0.488 e. The molecule has 2 aliphatic heterocycles. The monoisotopic (exact) mass is 333 g/mol. The fraction of sp³-hybridized carbons (Fsp3) is 0.500. The molecule has 0 unspecified atom stereocenters. The molecule has 2 aromatic heterocycles. The molecule has 4 heterocycles. The van der Waals surface area contributed by atoms with E-state index in [1.54, 1.807) is 23.7 Å². The van der Waals surface area contributed by atoms with Crippen molar-refractivity contribution in [1.29, 1.82) is 0 Å². The lowest BCUT2D eigenvalue weighted by Gasteiger charge is -2.47. The first-order chi connectivity index (χ1) is 10.7. The maximum atomic E-state index is 6.06. The van der Waals surface area contributed by atoms with E-state index < -0.39 is 0 Å². The van der Waals surface area contributed by atoms with E-state index in [2.05, 4.69) is 33.6 Å². The van der Waals surface area contributed by atoms with E-state index in [0.29, 0.717) is 10.9 Å². The molecule has 0 bridgehead atoms. The summed E-state index contributed by atoms with van der Waals surface area (Å²) in [7, 11) is 0. The highest BCUT2D eigenvalue weighted by atomic mass is 32.2. The van der Waals surface area contributed by atoms with Gasteiger partial charge in [-0.2, -0.15) is 0 Å². The Labute approximate surface area is 138 Å². The van der Waals surface area contributed by atoms with Crippen LogP contribution in [0, 0.1) is 6.92 Å². The van der Waals surface area contributed by atoms with Crippen LogP contribution in [0.15, 0.2) is 30.0 Å². The van der Waals surface area contributed by atoms with Crippen molar-refractivity contribution in [3.05, 3.63) is 40.6 Å². The van der Waals surface area contributed by atoms with Gasteiger partial charge in [0, 0.05) is 47.6 Å². The molecular weight excluding hydrogens is 314 g/mol. The summed E-state index contributed by atoms with van der Waals surface area (Å²) in [5, 5.41) is 0. The molecule has 2 aromatic rings. The summed E-state index contributed by atoms with van der Waals surface area (Å²) in [5.41, 5.74) is 3.13. The first-order valence-corrected chi connectivity index (χ1v) is 9.41. The highest BCUT2D eigenvalue weighted by molar-refractivity contribution is 8.01. The van der Waals surface area contributed by atoms with Crippen molar-refractivity contribution < 1.29 is 4.74 Å². The van der Waals surface area contributed by atoms with E-state index in [0.717, 1.165) is 24.5 Å². The molecule has 0 saturated carbocycles. The van der Waals surface area contributed by atoms with Gasteiger partial charge in [-0.05, 0) is 19.1 Å². The lowest BCUT2D eigenvalue weighted by atomic mass is 9.93. The number of aromatic nitrogens is 2. The zero-order chi connectivity index (χ0) is 15.0. The predicted octanol–water partition coefficient (Wildman–Crippen LogP) is 2.99. The fourth-order valence-corrected chi connectivity index (χ4v) is 5.66. The van der Waals surface area contributed by atoms with E-state index in [1.807, 2.05) is 17.6 Å². The molecule has 2 fully saturated rings.